The van der Waals surface area contributed by atoms with E-state index in [1.165, 1.54) is 0 Å². The normalized spacial score (nSPS) is 15.3. The molecule has 0 bridgehead atoms. The van der Waals surface area contributed by atoms with E-state index in [0.29, 0.717) is 49.5 Å². The molecule has 0 saturated heterocycles. The predicted octanol–water partition coefficient (Wildman–Crippen LogP) is 3.01. The first-order chi connectivity index (χ1) is 16.2. The van der Waals surface area contributed by atoms with Crippen LogP contribution < -0.4 is 16.0 Å². The van der Waals surface area contributed by atoms with Gasteiger partial charge in [-0.05, 0) is 62.4 Å². The zero-order valence-electron chi connectivity index (χ0n) is 18.9. The molecule has 1 amide bonds. The van der Waals surface area contributed by atoms with E-state index in [2.05, 4.69) is 25.9 Å². The second-order valence-corrected chi connectivity index (χ2v) is 7.31. The van der Waals surface area contributed by atoms with Crippen LogP contribution in [0.3, 0.4) is 0 Å². The van der Waals surface area contributed by atoms with Gasteiger partial charge in [-0.1, -0.05) is 0 Å². The van der Waals surface area contributed by atoms with Crippen molar-refractivity contribution in [2.45, 2.75) is 13.8 Å². The van der Waals surface area contributed by atoms with Gasteiger partial charge in [0.1, 0.15) is 0 Å². The van der Waals surface area contributed by atoms with Crippen LogP contribution in [0.25, 0.3) is 0 Å². The molecule has 10 heteroatoms. The van der Waals surface area contributed by atoms with Gasteiger partial charge in [-0.3, -0.25) is 14.5 Å². The number of rotatable bonds is 8. The number of nitrogens with one attached hydrogen (secondary N) is 3. The molecule has 2 aromatic rings. The van der Waals surface area contributed by atoms with Crippen molar-refractivity contribution in [3.05, 3.63) is 54.1 Å². The molecule has 174 valence electrons. The van der Waals surface area contributed by atoms with E-state index < -0.39 is 0 Å². The van der Waals surface area contributed by atoms with Gasteiger partial charge in [0.15, 0.2) is 0 Å². The highest BCUT2D eigenvalue weighted by atomic mass is 16.7. The number of carbonyl (C=O) groups excluding carboxylic acids is 1. The summed E-state index contributed by atoms with van der Waals surface area (Å²) in [5, 5.41) is 12.9. The second kappa shape index (κ2) is 10.8. The summed E-state index contributed by atoms with van der Waals surface area (Å²) in [6.07, 6.45) is 0. The molecule has 0 atom stereocenters. The Morgan fingerprint density at radius 2 is 1.24 bits per heavy atom. The number of anilines is 3. The van der Waals surface area contributed by atoms with Crippen LogP contribution in [0.4, 0.5) is 17.1 Å². The lowest BCUT2D eigenvalue weighted by Gasteiger charge is -2.19. The molecular formula is C23H29N7O3. The fourth-order valence-corrected chi connectivity index (χ4v) is 3.43. The van der Waals surface area contributed by atoms with Crippen molar-refractivity contribution < 1.29 is 14.5 Å². The van der Waals surface area contributed by atoms with Gasteiger partial charge in [0.2, 0.25) is 11.9 Å². The zero-order valence-corrected chi connectivity index (χ0v) is 18.9. The molecule has 0 aliphatic carbocycles. The van der Waals surface area contributed by atoms with E-state index in [1.54, 1.807) is 22.3 Å². The number of hydrogen-bond donors (Lipinski definition) is 3. The van der Waals surface area contributed by atoms with Crippen LogP contribution in [-0.2, 0) is 9.68 Å². The van der Waals surface area contributed by atoms with E-state index in [9.17, 15) is 4.79 Å². The van der Waals surface area contributed by atoms with Crippen molar-refractivity contribution in [2.75, 3.05) is 55.3 Å². The van der Waals surface area contributed by atoms with Crippen molar-refractivity contribution in [1.29, 1.82) is 0 Å². The third-order valence-corrected chi connectivity index (χ3v) is 4.97. The Balaban J connectivity index is 1.31. The SMILES string of the molecule is CCON1CCN=C1Nc1ccc(NC(=O)c2ccc(NC3=NCCN3OCC)cc2)cc1. The van der Waals surface area contributed by atoms with E-state index in [4.69, 9.17) is 9.68 Å². The van der Waals surface area contributed by atoms with Crippen LogP contribution in [0.1, 0.15) is 24.2 Å². The van der Waals surface area contributed by atoms with Crippen molar-refractivity contribution in [3.8, 4) is 0 Å². The van der Waals surface area contributed by atoms with Crippen LogP contribution in [0.5, 0.6) is 0 Å². The number of hydroxylamine groups is 4. The van der Waals surface area contributed by atoms with Gasteiger partial charge in [0.05, 0.1) is 39.4 Å². The minimum atomic E-state index is -0.181. The summed E-state index contributed by atoms with van der Waals surface area (Å²) in [7, 11) is 0. The average Bonchev–Trinajstić information content (AvgIpc) is 3.45. The summed E-state index contributed by atoms with van der Waals surface area (Å²) in [5.74, 6) is 1.19. The van der Waals surface area contributed by atoms with Gasteiger partial charge in [0.25, 0.3) is 5.91 Å². The summed E-state index contributed by atoms with van der Waals surface area (Å²) in [5.41, 5.74) is 2.97. The molecule has 10 nitrogen and oxygen atoms in total. The minimum absolute atomic E-state index is 0.181. The smallest absolute Gasteiger partial charge is 0.255 e. The Morgan fingerprint density at radius 1 is 0.788 bits per heavy atom. The highest BCUT2D eigenvalue weighted by molar-refractivity contribution is 6.05. The molecule has 33 heavy (non-hydrogen) atoms. The standard InChI is InChI=1S/C23H29N7O3/c1-3-32-29-15-13-24-22(29)27-19-7-5-17(6-8-19)21(31)26-18-9-11-20(12-10-18)28-23-25-14-16-30(23)33-4-2/h5-12H,3-4,13-16H2,1-2H3,(H,24,27)(H,25,28)(H,26,31). The molecule has 0 fully saturated rings. The number of guanidine groups is 2. The summed E-state index contributed by atoms with van der Waals surface area (Å²) in [6.45, 7) is 7.90. The molecular weight excluding hydrogens is 422 g/mol. The quantitative estimate of drug-likeness (QED) is 0.567. The van der Waals surface area contributed by atoms with Crippen molar-refractivity contribution in [3.63, 3.8) is 0 Å². The Kier molecular flexibility index (Phi) is 7.38. The van der Waals surface area contributed by atoms with Gasteiger partial charge in [-0.2, -0.15) is 0 Å². The van der Waals surface area contributed by atoms with Gasteiger partial charge in [0, 0.05) is 22.6 Å². The number of nitrogens with zero attached hydrogens (tertiary/aromatic N) is 4. The van der Waals surface area contributed by atoms with E-state index >= 15 is 0 Å². The third kappa shape index (κ3) is 5.79. The summed E-state index contributed by atoms with van der Waals surface area (Å²) >= 11 is 0. The van der Waals surface area contributed by atoms with E-state index in [-0.39, 0.29) is 5.91 Å². The van der Waals surface area contributed by atoms with Crippen molar-refractivity contribution in [1.82, 2.24) is 10.1 Å². The maximum atomic E-state index is 12.6. The van der Waals surface area contributed by atoms with E-state index in [0.717, 1.165) is 24.5 Å². The van der Waals surface area contributed by atoms with E-state index in [1.807, 2.05) is 50.2 Å². The highest BCUT2D eigenvalue weighted by Crippen LogP contribution is 2.18. The van der Waals surface area contributed by atoms with Crippen LogP contribution in [0.2, 0.25) is 0 Å². The first-order valence-electron chi connectivity index (χ1n) is 11.1. The highest BCUT2D eigenvalue weighted by Gasteiger charge is 2.18. The summed E-state index contributed by atoms with van der Waals surface area (Å²) < 4.78 is 0. The number of carbonyl (C=O) groups is 1. The number of hydrogen-bond acceptors (Lipinski definition) is 9. The molecule has 0 spiro atoms. The molecule has 3 N–H and O–H groups in total. The Morgan fingerprint density at radius 3 is 1.73 bits per heavy atom. The van der Waals surface area contributed by atoms with Crippen molar-refractivity contribution in [2.24, 2.45) is 9.98 Å². The minimum Gasteiger partial charge on any atom is -0.324 e. The van der Waals surface area contributed by atoms with Gasteiger partial charge < -0.3 is 16.0 Å². The Hall–Kier alpha value is -3.63. The maximum absolute atomic E-state index is 12.6. The number of benzene rings is 2. The molecule has 2 aliphatic rings. The number of aliphatic imine (C=N–C) groups is 2. The monoisotopic (exact) mass is 451 g/mol. The topological polar surface area (TPSA) is 103 Å². The molecule has 4 rings (SSSR count). The molecule has 2 heterocycles. The van der Waals surface area contributed by atoms with Gasteiger partial charge in [-0.15, -0.1) is 0 Å². The molecule has 2 aliphatic heterocycles. The maximum Gasteiger partial charge on any atom is 0.255 e. The van der Waals surface area contributed by atoms with Crippen LogP contribution in [-0.4, -0.2) is 67.3 Å². The van der Waals surface area contributed by atoms with Gasteiger partial charge >= 0.3 is 0 Å². The van der Waals surface area contributed by atoms with Gasteiger partial charge in [-0.25, -0.2) is 20.1 Å². The summed E-state index contributed by atoms with van der Waals surface area (Å²) in [4.78, 5) is 32.5. The zero-order chi connectivity index (χ0) is 23.0. The average molecular weight is 452 g/mol. The fraction of sp³-hybridized carbons (Fsp3) is 0.348. The molecule has 0 aromatic heterocycles. The fourth-order valence-electron chi connectivity index (χ4n) is 3.43. The third-order valence-electron chi connectivity index (χ3n) is 4.97. The van der Waals surface area contributed by atoms with Crippen LogP contribution in [0.15, 0.2) is 58.5 Å². The molecule has 0 saturated carbocycles. The summed E-state index contributed by atoms with van der Waals surface area (Å²) in [6, 6.07) is 14.7. The lowest BCUT2D eigenvalue weighted by molar-refractivity contribution is -0.0848. The van der Waals surface area contributed by atoms with Crippen LogP contribution >= 0.6 is 0 Å². The van der Waals surface area contributed by atoms with Crippen LogP contribution in [0, 0.1) is 0 Å². The number of amides is 1. The Labute approximate surface area is 193 Å². The first kappa shape index (κ1) is 22.6. The molecule has 0 unspecified atom stereocenters. The molecule has 0 radical (unpaired) electrons. The predicted molar refractivity (Wildman–Crippen MR) is 129 cm³/mol. The lowest BCUT2D eigenvalue weighted by Crippen LogP contribution is -2.33. The second-order valence-electron chi connectivity index (χ2n) is 7.31. The van der Waals surface area contributed by atoms with Crippen molar-refractivity contribution >= 4 is 34.9 Å². The Bertz CT molecular complexity index is 1010. The molecule has 2 aromatic carbocycles. The lowest BCUT2D eigenvalue weighted by atomic mass is 10.2. The first-order valence-corrected chi connectivity index (χ1v) is 11.1. The largest absolute Gasteiger partial charge is 0.324 e.